The van der Waals surface area contributed by atoms with Crippen LogP contribution >= 0.6 is 0 Å². The number of piperidine rings is 1. The van der Waals surface area contributed by atoms with E-state index >= 15 is 0 Å². The van der Waals surface area contributed by atoms with Gasteiger partial charge in [0.1, 0.15) is 0 Å². The maximum absolute atomic E-state index is 13.5. The van der Waals surface area contributed by atoms with E-state index in [2.05, 4.69) is 34.6 Å². The molecule has 1 saturated carbocycles. The predicted molar refractivity (Wildman–Crippen MR) is 127 cm³/mol. The molecule has 1 unspecified atom stereocenters. The zero-order chi connectivity index (χ0) is 22.6. The van der Waals surface area contributed by atoms with Gasteiger partial charge in [0.2, 0.25) is 11.8 Å². The molecule has 1 aromatic carbocycles. The van der Waals surface area contributed by atoms with Gasteiger partial charge in [0.15, 0.2) is 0 Å². The highest BCUT2D eigenvalue weighted by atomic mass is 16.2. The van der Waals surface area contributed by atoms with Crippen molar-refractivity contribution >= 4 is 11.8 Å². The lowest BCUT2D eigenvalue weighted by molar-refractivity contribution is -0.144. The maximum atomic E-state index is 13.5. The Morgan fingerprint density at radius 3 is 2.56 bits per heavy atom. The second-order valence-corrected chi connectivity index (χ2v) is 9.87. The molecule has 170 valence electrons. The van der Waals surface area contributed by atoms with Crippen LogP contribution in [0.15, 0.2) is 48.8 Å². The predicted octanol–water partition coefficient (Wildman–Crippen LogP) is 4.61. The number of rotatable bonds is 6. The molecule has 1 aliphatic heterocycles. The van der Waals surface area contributed by atoms with Crippen LogP contribution in [0.5, 0.6) is 0 Å². The molecule has 1 saturated heterocycles. The van der Waals surface area contributed by atoms with Crippen molar-refractivity contribution in [3.8, 4) is 11.1 Å². The second kappa shape index (κ2) is 9.85. The van der Waals surface area contributed by atoms with Crippen LogP contribution in [-0.2, 0) is 16.0 Å². The van der Waals surface area contributed by atoms with Gasteiger partial charge in [-0.15, -0.1) is 0 Å². The lowest BCUT2D eigenvalue weighted by Crippen LogP contribution is -2.56. The molecule has 2 aromatic rings. The molecular formula is C27H35N3O2. The summed E-state index contributed by atoms with van der Waals surface area (Å²) in [6.45, 7) is 5.28. The van der Waals surface area contributed by atoms with Crippen LogP contribution in [-0.4, -0.2) is 40.8 Å². The number of nitrogens with zero attached hydrogens (tertiary/aromatic N) is 2. The van der Waals surface area contributed by atoms with Gasteiger partial charge in [-0.05, 0) is 74.8 Å². The number of hydrogen-bond acceptors (Lipinski definition) is 3. The van der Waals surface area contributed by atoms with Crippen molar-refractivity contribution in [1.82, 2.24) is 15.2 Å². The lowest BCUT2D eigenvalue weighted by atomic mass is 9.73. The Morgan fingerprint density at radius 2 is 1.84 bits per heavy atom. The topological polar surface area (TPSA) is 62.3 Å². The summed E-state index contributed by atoms with van der Waals surface area (Å²) < 4.78 is 0. The van der Waals surface area contributed by atoms with Gasteiger partial charge in [0.25, 0.3) is 0 Å². The summed E-state index contributed by atoms with van der Waals surface area (Å²) in [6.07, 6.45) is 10.2. The molecule has 2 amide bonds. The number of benzene rings is 1. The Kier molecular flexibility index (Phi) is 6.92. The molecule has 0 radical (unpaired) electrons. The van der Waals surface area contributed by atoms with Gasteiger partial charge < -0.3 is 10.2 Å². The zero-order valence-corrected chi connectivity index (χ0v) is 19.3. The third-order valence-electron chi connectivity index (χ3n) is 6.98. The molecule has 2 aliphatic rings. The molecule has 5 nitrogen and oxygen atoms in total. The summed E-state index contributed by atoms with van der Waals surface area (Å²) in [4.78, 5) is 32.8. The lowest BCUT2D eigenvalue weighted by Gasteiger charge is -2.43. The molecule has 1 atom stereocenters. The Bertz CT molecular complexity index is 937. The fourth-order valence-electron chi connectivity index (χ4n) is 5.37. The van der Waals surface area contributed by atoms with Crippen LogP contribution < -0.4 is 5.32 Å². The minimum Gasteiger partial charge on any atom is -0.353 e. The van der Waals surface area contributed by atoms with Gasteiger partial charge in [-0.25, -0.2) is 0 Å². The molecule has 4 rings (SSSR count). The third-order valence-corrected chi connectivity index (χ3v) is 6.98. The van der Waals surface area contributed by atoms with Crippen molar-refractivity contribution in [2.75, 3.05) is 13.1 Å². The largest absolute Gasteiger partial charge is 0.353 e. The average molecular weight is 434 g/mol. The van der Waals surface area contributed by atoms with E-state index in [1.807, 2.05) is 30.9 Å². The summed E-state index contributed by atoms with van der Waals surface area (Å²) in [7, 11) is 0. The first kappa shape index (κ1) is 22.5. The summed E-state index contributed by atoms with van der Waals surface area (Å²) in [6, 6.07) is 12.5. The standard InChI is InChI=1S/C27H35N3O2/c1-20(2)29-26(32)27(13-6-16-30(19-27)25(31)23-8-3-4-9-23)18-21-7-5-10-24(17-21)22-11-14-28-15-12-22/h5,7,10-12,14-15,17,20,23H,3-4,6,8-9,13,16,18-19H2,1-2H3,(H,29,32). The molecule has 2 fully saturated rings. The van der Waals surface area contributed by atoms with E-state index in [0.29, 0.717) is 13.0 Å². The van der Waals surface area contributed by atoms with Gasteiger partial charge in [-0.1, -0.05) is 37.1 Å². The number of amides is 2. The van der Waals surface area contributed by atoms with Gasteiger partial charge in [-0.3, -0.25) is 14.6 Å². The summed E-state index contributed by atoms with van der Waals surface area (Å²) in [5, 5.41) is 3.16. The number of likely N-dealkylation sites (tertiary alicyclic amines) is 1. The van der Waals surface area contributed by atoms with E-state index in [4.69, 9.17) is 0 Å². The van der Waals surface area contributed by atoms with Crippen molar-refractivity contribution in [1.29, 1.82) is 0 Å². The van der Waals surface area contributed by atoms with E-state index < -0.39 is 5.41 Å². The highest BCUT2D eigenvalue weighted by molar-refractivity contribution is 5.86. The Morgan fingerprint density at radius 1 is 1.09 bits per heavy atom. The molecule has 0 spiro atoms. The SMILES string of the molecule is CC(C)NC(=O)C1(Cc2cccc(-c3ccncc3)c2)CCCN(C(=O)C2CCCC2)C1. The number of carbonyl (C=O) groups is 2. The summed E-state index contributed by atoms with van der Waals surface area (Å²) >= 11 is 0. The van der Waals surface area contributed by atoms with E-state index in [9.17, 15) is 9.59 Å². The molecule has 32 heavy (non-hydrogen) atoms. The average Bonchev–Trinajstić information content (AvgIpc) is 3.34. The van der Waals surface area contributed by atoms with Crippen LogP contribution in [0.2, 0.25) is 0 Å². The van der Waals surface area contributed by atoms with E-state index in [0.717, 1.165) is 61.8 Å². The minimum atomic E-state index is -0.590. The minimum absolute atomic E-state index is 0.0726. The first-order valence-electron chi connectivity index (χ1n) is 12.1. The van der Waals surface area contributed by atoms with E-state index in [1.54, 1.807) is 12.4 Å². The van der Waals surface area contributed by atoms with Crippen molar-refractivity contribution in [2.24, 2.45) is 11.3 Å². The highest BCUT2D eigenvalue weighted by Gasteiger charge is 2.44. The maximum Gasteiger partial charge on any atom is 0.228 e. The van der Waals surface area contributed by atoms with Gasteiger partial charge in [-0.2, -0.15) is 0 Å². The van der Waals surface area contributed by atoms with Crippen molar-refractivity contribution in [3.63, 3.8) is 0 Å². The molecule has 0 bridgehead atoms. The molecule has 1 aliphatic carbocycles. The van der Waals surface area contributed by atoms with Crippen LogP contribution in [0.25, 0.3) is 11.1 Å². The molecule has 1 aromatic heterocycles. The van der Waals surface area contributed by atoms with Crippen LogP contribution in [0, 0.1) is 11.3 Å². The third kappa shape index (κ3) is 5.03. The molecular weight excluding hydrogens is 398 g/mol. The first-order chi connectivity index (χ1) is 15.5. The molecule has 5 heteroatoms. The van der Waals surface area contributed by atoms with Crippen molar-refractivity contribution in [2.45, 2.75) is 64.8 Å². The normalized spacial score (nSPS) is 21.7. The van der Waals surface area contributed by atoms with Crippen molar-refractivity contribution < 1.29 is 9.59 Å². The highest BCUT2D eigenvalue weighted by Crippen LogP contribution is 2.37. The van der Waals surface area contributed by atoms with Gasteiger partial charge in [0.05, 0.1) is 5.41 Å². The van der Waals surface area contributed by atoms with Crippen LogP contribution in [0.4, 0.5) is 0 Å². The van der Waals surface area contributed by atoms with Crippen LogP contribution in [0.1, 0.15) is 57.9 Å². The number of pyridine rings is 1. The second-order valence-electron chi connectivity index (χ2n) is 9.87. The quantitative estimate of drug-likeness (QED) is 0.723. The molecule has 2 heterocycles. The fourth-order valence-corrected chi connectivity index (χ4v) is 5.37. The monoisotopic (exact) mass is 433 g/mol. The van der Waals surface area contributed by atoms with E-state index in [1.165, 1.54) is 0 Å². The Balaban J connectivity index is 1.60. The Labute approximate surface area is 191 Å². The number of nitrogens with one attached hydrogen (secondary N) is 1. The van der Waals surface area contributed by atoms with E-state index in [-0.39, 0.29) is 23.8 Å². The van der Waals surface area contributed by atoms with Gasteiger partial charge in [0, 0.05) is 37.4 Å². The summed E-state index contributed by atoms with van der Waals surface area (Å²) in [5.41, 5.74) is 2.78. The smallest absolute Gasteiger partial charge is 0.228 e. The number of hydrogen-bond donors (Lipinski definition) is 1. The Hall–Kier alpha value is -2.69. The fraction of sp³-hybridized carbons (Fsp3) is 0.519. The summed E-state index contributed by atoms with van der Waals surface area (Å²) in [5.74, 6) is 0.481. The van der Waals surface area contributed by atoms with Gasteiger partial charge >= 0.3 is 0 Å². The molecule has 1 N–H and O–H groups in total. The number of aromatic nitrogens is 1. The number of carbonyl (C=O) groups excluding carboxylic acids is 2. The van der Waals surface area contributed by atoms with Crippen molar-refractivity contribution in [3.05, 3.63) is 54.4 Å². The first-order valence-corrected chi connectivity index (χ1v) is 12.1. The van der Waals surface area contributed by atoms with Crippen LogP contribution in [0.3, 0.4) is 0 Å². The zero-order valence-electron chi connectivity index (χ0n) is 19.3.